The number of aryl methyl sites for hydroxylation is 2. The zero-order chi connectivity index (χ0) is 17.8. The first-order valence-corrected chi connectivity index (χ1v) is 9.94. The van der Waals surface area contributed by atoms with Crippen LogP contribution in [0.2, 0.25) is 0 Å². The van der Waals surface area contributed by atoms with Gasteiger partial charge in [-0.15, -0.1) is 0 Å². The fourth-order valence-electron chi connectivity index (χ4n) is 4.03. The van der Waals surface area contributed by atoms with Crippen LogP contribution in [0.15, 0.2) is 12.1 Å². The van der Waals surface area contributed by atoms with Gasteiger partial charge in [-0.3, -0.25) is 9.78 Å². The Morgan fingerprint density at radius 3 is 2.40 bits per heavy atom. The summed E-state index contributed by atoms with van der Waals surface area (Å²) in [6.45, 7) is 7.82. The van der Waals surface area contributed by atoms with Gasteiger partial charge in [-0.25, -0.2) is 0 Å². The fourth-order valence-corrected chi connectivity index (χ4v) is 4.36. The molecule has 1 aromatic rings. The summed E-state index contributed by atoms with van der Waals surface area (Å²) in [5.41, 5.74) is 3.33. The number of carbonyl (C=O) groups excluding carboxylic acids is 1. The largest absolute Gasteiger partial charge is 0.366 e. The summed E-state index contributed by atoms with van der Waals surface area (Å²) in [6.07, 6.45) is 6.17. The summed E-state index contributed by atoms with van der Waals surface area (Å²) in [5, 5.41) is 0. The zero-order valence-corrected chi connectivity index (χ0v) is 16.3. The number of hydrogen-bond acceptors (Lipinski definition) is 3. The van der Waals surface area contributed by atoms with E-state index >= 15 is 0 Å². The molecule has 0 saturated carbocycles. The van der Waals surface area contributed by atoms with Gasteiger partial charge in [0.05, 0.1) is 4.99 Å². The Kier molecular flexibility index (Phi) is 6.05. The Bertz CT molecular complexity index is 612. The van der Waals surface area contributed by atoms with E-state index in [9.17, 15) is 4.79 Å². The van der Waals surface area contributed by atoms with Crippen molar-refractivity contribution in [2.24, 2.45) is 5.92 Å². The van der Waals surface area contributed by atoms with Gasteiger partial charge in [-0.1, -0.05) is 12.2 Å². The maximum Gasteiger partial charge on any atom is 0.225 e. The predicted molar refractivity (Wildman–Crippen MR) is 105 cm³/mol. The van der Waals surface area contributed by atoms with E-state index in [-0.39, 0.29) is 5.92 Å². The van der Waals surface area contributed by atoms with Crippen LogP contribution in [0.5, 0.6) is 0 Å². The lowest BCUT2D eigenvalue weighted by atomic mass is 9.94. The lowest BCUT2D eigenvalue weighted by Crippen LogP contribution is -2.45. The topological polar surface area (TPSA) is 36.4 Å². The molecule has 2 aliphatic rings. The van der Waals surface area contributed by atoms with Crippen LogP contribution in [0.4, 0.5) is 0 Å². The minimum Gasteiger partial charge on any atom is -0.366 e. The molecule has 0 unspecified atom stereocenters. The number of piperidine rings is 2. The van der Waals surface area contributed by atoms with Crippen LogP contribution in [0.1, 0.15) is 49.1 Å². The Hall–Kier alpha value is -1.49. The molecule has 1 aromatic heterocycles. The second kappa shape index (κ2) is 8.26. The lowest BCUT2D eigenvalue weighted by molar-refractivity contribution is -0.137. The normalized spacial score (nSPS) is 19.1. The Balaban J connectivity index is 1.51. The molecule has 1 amide bonds. The van der Waals surface area contributed by atoms with Gasteiger partial charge in [0, 0.05) is 49.9 Å². The van der Waals surface area contributed by atoms with Crippen molar-refractivity contribution in [3.05, 3.63) is 29.1 Å². The van der Waals surface area contributed by atoms with Crippen molar-refractivity contribution >= 4 is 23.1 Å². The van der Waals surface area contributed by atoms with Gasteiger partial charge in [0.15, 0.2) is 0 Å². The monoisotopic (exact) mass is 359 g/mol. The van der Waals surface area contributed by atoms with E-state index in [1.807, 2.05) is 6.92 Å². The molecular weight excluding hydrogens is 330 g/mol. The van der Waals surface area contributed by atoms with E-state index in [1.165, 1.54) is 12.0 Å². The first-order valence-electron chi connectivity index (χ1n) is 9.53. The van der Waals surface area contributed by atoms with Crippen molar-refractivity contribution in [1.29, 1.82) is 0 Å². The van der Waals surface area contributed by atoms with Crippen LogP contribution < -0.4 is 0 Å². The van der Waals surface area contributed by atoms with E-state index in [4.69, 9.17) is 12.2 Å². The van der Waals surface area contributed by atoms with Crippen molar-refractivity contribution in [2.75, 3.05) is 26.2 Å². The maximum atomic E-state index is 12.7. The van der Waals surface area contributed by atoms with E-state index < -0.39 is 0 Å². The SMILES string of the molecule is Cc1cc(C)nc(CC(=S)N2CCC(C(=O)N3CCCCC3)CC2)c1. The van der Waals surface area contributed by atoms with E-state index in [1.54, 1.807) is 0 Å². The number of thiocarbonyl (C=S) groups is 1. The Morgan fingerprint density at radius 2 is 1.76 bits per heavy atom. The van der Waals surface area contributed by atoms with Crippen LogP contribution in [-0.4, -0.2) is 51.9 Å². The molecule has 0 radical (unpaired) electrons. The molecule has 0 spiro atoms. The van der Waals surface area contributed by atoms with Crippen LogP contribution in [0.25, 0.3) is 0 Å². The molecule has 3 heterocycles. The van der Waals surface area contributed by atoms with Crippen molar-refractivity contribution in [2.45, 2.75) is 52.4 Å². The number of hydrogen-bond donors (Lipinski definition) is 0. The molecule has 2 saturated heterocycles. The third kappa shape index (κ3) is 4.78. The van der Waals surface area contributed by atoms with Gasteiger partial charge >= 0.3 is 0 Å². The van der Waals surface area contributed by atoms with Crippen molar-refractivity contribution in [1.82, 2.24) is 14.8 Å². The summed E-state index contributed by atoms with van der Waals surface area (Å²) in [7, 11) is 0. The first-order chi connectivity index (χ1) is 12.0. The van der Waals surface area contributed by atoms with Crippen LogP contribution in [0, 0.1) is 19.8 Å². The van der Waals surface area contributed by atoms with E-state index in [0.29, 0.717) is 5.91 Å². The maximum absolute atomic E-state index is 12.7. The summed E-state index contributed by atoms with van der Waals surface area (Å²) in [4.78, 5) is 22.6. The lowest BCUT2D eigenvalue weighted by Gasteiger charge is -2.36. The van der Waals surface area contributed by atoms with Crippen molar-refractivity contribution in [3.63, 3.8) is 0 Å². The number of rotatable bonds is 3. The minimum absolute atomic E-state index is 0.191. The molecule has 0 aromatic carbocycles. The molecule has 2 aliphatic heterocycles. The molecule has 3 rings (SSSR count). The second-order valence-electron chi connectivity index (χ2n) is 7.49. The molecule has 0 aliphatic carbocycles. The Morgan fingerprint density at radius 1 is 1.08 bits per heavy atom. The Labute approximate surface area is 156 Å². The van der Waals surface area contributed by atoms with Gasteiger partial charge in [-0.2, -0.15) is 0 Å². The highest BCUT2D eigenvalue weighted by Crippen LogP contribution is 2.22. The third-order valence-corrected chi connectivity index (χ3v) is 5.75. The van der Waals surface area contributed by atoms with E-state index in [2.05, 4.69) is 33.8 Å². The number of aromatic nitrogens is 1. The zero-order valence-electron chi connectivity index (χ0n) is 15.5. The highest BCUT2D eigenvalue weighted by atomic mass is 32.1. The van der Waals surface area contributed by atoms with Crippen molar-refractivity contribution in [3.8, 4) is 0 Å². The third-order valence-electron chi connectivity index (χ3n) is 5.35. The summed E-state index contributed by atoms with van der Waals surface area (Å²) >= 11 is 5.66. The van der Waals surface area contributed by atoms with Gasteiger partial charge in [-0.05, 0) is 63.6 Å². The second-order valence-corrected chi connectivity index (χ2v) is 7.97. The molecule has 25 heavy (non-hydrogen) atoms. The number of carbonyl (C=O) groups is 1. The van der Waals surface area contributed by atoms with Gasteiger partial charge in [0.1, 0.15) is 0 Å². The molecule has 0 bridgehead atoms. The average Bonchev–Trinajstić information content (AvgIpc) is 2.61. The predicted octanol–water partition coefficient (Wildman–Crippen LogP) is 3.29. The van der Waals surface area contributed by atoms with Gasteiger partial charge in [0.2, 0.25) is 5.91 Å². The minimum atomic E-state index is 0.191. The summed E-state index contributed by atoms with van der Waals surface area (Å²) in [5.74, 6) is 0.567. The molecule has 5 heteroatoms. The summed E-state index contributed by atoms with van der Waals surface area (Å²) in [6, 6.07) is 4.20. The van der Waals surface area contributed by atoms with Crippen molar-refractivity contribution < 1.29 is 4.79 Å². The smallest absolute Gasteiger partial charge is 0.225 e. The first kappa shape index (κ1) is 18.3. The average molecular weight is 360 g/mol. The molecular formula is C20H29N3OS. The number of nitrogens with zero attached hydrogens (tertiary/aromatic N) is 3. The highest BCUT2D eigenvalue weighted by molar-refractivity contribution is 7.80. The van der Waals surface area contributed by atoms with Crippen LogP contribution in [-0.2, 0) is 11.2 Å². The number of pyridine rings is 1. The molecule has 0 N–H and O–H groups in total. The van der Waals surface area contributed by atoms with Crippen LogP contribution in [0.3, 0.4) is 0 Å². The molecule has 2 fully saturated rings. The number of likely N-dealkylation sites (tertiary alicyclic amines) is 2. The summed E-state index contributed by atoms with van der Waals surface area (Å²) < 4.78 is 0. The van der Waals surface area contributed by atoms with Gasteiger partial charge in [0.25, 0.3) is 0 Å². The fraction of sp³-hybridized carbons (Fsp3) is 0.650. The van der Waals surface area contributed by atoms with Crippen LogP contribution >= 0.6 is 12.2 Å². The molecule has 0 atom stereocenters. The highest BCUT2D eigenvalue weighted by Gasteiger charge is 2.29. The standard InChI is InChI=1S/C20H29N3OS/c1-15-12-16(2)21-18(13-15)14-19(25)22-10-6-17(7-11-22)20(24)23-8-4-3-5-9-23/h12-13,17H,3-11,14H2,1-2H3. The molecule has 136 valence electrons. The number of amides is 1. The quantitative estimate of drug-likeness (QED) is 0.776. The van der Waals surface area contributed by atoms with E-state index in [0.717, 1.165) is 74.7 Å². The molecule has 4 nitrogen and oxygen atoms in total. The van der Waals surface area contributed by atoms with Gasteiger partial charge < -0.3 is 9.80 Å².